The third-order valence-corrected chi connectivity index (χ3v) is 4.80. The highest BCUT2D eigenvalue weighted by molar-refractivity contribution is 7.92. The maximum atomic E-state index is 12.4. The molecule has 114 valence electrons. The van der Waals surface area contributed by atoms with E-state index in [1.165, 1.54) is 23.5 Å². The zero-order valence-electron chi connectivity index (χ0n) is 10.6. The van der Waals surface area contributed by atoms with Gasteiger partial charge in [0.25, 0.3) is 9.84 Å². The van der Waals surface area contributed by atoms with Gasteiger partial charge in [0, 0.05) is 24.0 Å². The van der Waals surface area contributed by atoms with E-state index in [0.717, 1.165) is 17.8 Å². The minimum absolute atomic E-state index is 0.548. The largest absolute Gasteiger partial charge is 0.501 e. The van der Waals surface area contributed by atoms with Gasteiger partial charge < -0.3 is 5.32 Å². The van der Waals surface area contributed by atoms with Crippen molar-refractivity contribution in [1.82, 2.24) is 4.98 Å². The Bertz CT molecular complexity index is 680. The standard InChI is InChI=1S/C12H11F3N2O2S2/c13-12(14,15)21(18,19)11-3-1-9(2-4-11)16-6-5-10-7-20-8-17-10/h1-4,7-8,16H,5-6H2. The summed E-state index contributed by atoms with van der Waals surface area (Å²) in [5, 5.41) is 4.89. The predicted molar refractivity (Wildman–Crippen MR) is 74.0 cm³/mol. The molecule has 2 rings (SSSR count). The lowest BCUT2D eigenvalue weighted by atomic mass is 10.3. The van der Waals surface area contributed by atoms with Crippen molar-refractivity contribution in [3.8, 4) is 0 Å². The summed E-state index contributed by atoms with van der Waals surface area (Å²) < 4.78 is 59.5. The van der Waals surface area contributed by atoms with Crippen LogP contribution in [-0.4, -0.2) is 25.5 Å². The first-order chi connectivity index (χ1) is 9.80. The van der Waals surface area contributed by atoms with Crippen molar-refractivity contribution in [3.63, 3.8) is 0 Å². The molecule has 0 aliphatic rings. The zero-order valence-corrected chi connectivity index (χ0v) is 12.2. The second kappa shape index (κ2) is 6.02. The van der Waals surface area contributed by atoms with Crippen molar-refractivity contribution < 1.29 is 21.6 Å². The number of anilines is 1. The fourth-order valence-corrected chi connectivity index (χ4v) is 2.94. The molecule has 0 spiro atoms. The number of thiazole rings is 1. The third kappa shape index (κ3) is 3.73. The van der Waals surface area contributed by atoms with E-state index in [9.17, 15) is 21.6 Å². The summed E-state index contributed by atoms with van der Waals surface area (Å²) in [5.41, 5.74) is -2.10. The highest BCUT2D eigenvalue weighted by Gasteiger charge is 2.46. The highest BCUT2D eigenvalue weighted by atomic mass is 32.2. The lowest BCUT2D eigenvalue weighted by Crippen LogP contribution is -2.23. The molecule has 0 bridgehead atoms. The van der Waals surface area contributed by atoms with Gasteiger partial charge in [0.15, 0.2) is 0 Å². The molecule has 1 heterocycles. The molecule has 4 nitrogen and oxygen atoms in total. The van der Waals surface area contributed by atoms with E-state index in [4.69, 9.17) is 0 Å². The molecule has 0 saturated heterocycles. The van der Waals surface area contributed by atoms with Crippen LogP contribution < -0.4 is 5.32 Å². The normalized spacial score (nSPS) is 12.3. The van der Waals surface area contributed by atoms with Gasteiger partial charge in [0.1, 0.15) is 0 Å². The van der Waals surface area contributed by atoms with Crippen LogP contribution in [0.3, 0.4) is 0 Å². The van der Waals surface area contributed by atoms with Crippen molar-refractivity contribution in [2.75, 3.05) is 11.9 Å². The average Bonchev–Trinajstić information content (AvgIpc) is 2.91. The number of halogens is 3. The van der Waals surface area contributed by atoms with Crippen LogP contribution in [-0.2, 0) is 16.3 Å². The van der Waals surface area contributed by atoms with Gasteiger partial charge in [-0.25, -0.2) is 13.4 Å². The molecule has 1 N–H and O–H groups in total. The molecule has 21 heavy (non-hydrogen) atoms. The van der Waals surface area contributed by atoms with Gasteiger partial charge in [-0.1, -0.05) is 0 Å². The molecule has 2 aromatic rings. The minimum atomic E-state index is -5.29. The van der Waals surface area contributed by atoms with E-state index in [-0.39, 0.29) is 0 Å². The minimum Gasteiger partial charge on any atom is -0.385 e. The lowest BCUT2D eigenvalue weighted by Gasteiger charge is -2.09. The number of benzene rings is 1. The Labute approximate surface area is 123 Å². The van der Waals surface area contributed by atoms with E-state index in [0.29, 0.717) is 18.7 Å². The smallest absolute Gasteiger partial charge is 0.385 e. The number of rotatable bonds is 5. The zero-order chi connectivity index (χ0) is 15.5. The molecule has 0 aliphatic carbocycles. The highest BCUT2D eigenvalue weighted by Crippen LogP contribution is 2.30. The maximum absolute atomic E-state index is 12.4. The number of nitrogens with zero attached hydrogens (tertiary/aromatic N) is 1. The summed E-state index contributed by atoms with van der Waals surface area (Å²) in [4.78, 5) is 3.33. The fraction of sp³-hybridized carbons (Fsp3) is 0.250. The van der Waals surface area contributed by atoms with E-state index >= 15 is 0 Å². The first kappa shape index (κ1) is 15.8. The molecule has 0 atom stereocenters. The number of hydrogen-bond donors (Lipinski definition) is 1. The van der Waals surface area contributed by atoms with Gasteiger partial charge in [0.2, 0.25) is 0 Å². The molecule has 0 radical (unpaired) electrons. The molecule has 0 fully saturated rings. The Balaban J connectivity index is 1.99. The van der Waals surface area contributed by atoms with Crippen LogP contribution in [0.4, 0.5) is 18.9 Å². The Morgan fingerprint density at radius 1 is 1.19 bits per heavy atom. The molecule has 9 heteroatoms. The molecular formula is C12H11F3N2O2S2. The number of aromatic nitrogens is 1. The number of nitrogens with one attached hydrogen (secondary N) is 1. The Hall–Kier alpha value is -1.61. The van der Waals surface area contributed by atoms with Crippen LogP contribution >= 0.6 is 11.3 Å². The SMILES string of the molecule is O=S(=O)(c1ccc(NCCc2cscn2)cc1)C(F)(F)F. The van der Waals surface area contributed by atoms with Gasteiger partial charge in [-0.15, -0.1) is 11.3 Å². The van der Waals surface area contributed by atoms with Gasteiger partial charge in [0.05, 0.1) is 16.1 Å². The van der Waals surface area contributed by atoms with Crippen molar-refractivity contribution in [3.05, 3.63) is 40.8 Å². The van der Waals surface area contributed by atoms with Gasteiger partial charge in [-0.3, -0.25) is 0 Å². The Morgan fingerprint density at radius 2 is 1.86 bits per heavy atom. The topological polar surface area (TPSA) is 59.1 Å². The van der Waals surface area contributed by atoms with E-state index in [1.807, 2.05) is 5.38 Å². The van der Waals surface area contributed by atoms with Crippen LogP contribution in [0.5, 0.6) is 0 Å². The molecule has 0 aliphatic heterocycles. The number of alkyl halides is 3. The van der Waals surface area contributed by atoms with Gasteiger partial charge in [-0.05, 0) is 24.3 Å². The van der Waals surface area contributed by atoms with Crippen molar-refractivity contribution >= 4 is 26.9 Å². The Kier molecular flexibility index (Phi) is 4.52. The van der Waals surface area contributed by atoms with Gasteiger partial charge in [-0.2, -0.15) is 13.2 Å². The van der Waals surface area contributed by atoms with E-state index in [1.54, 1.807) is 5.51 Å². The first-order valence-corrected chi connectivity index (χ1v) is 8.25. The maximum Gasteiger partial charge on any atom is 0.501 e. The van der Waals surface area contributed by atoms with E-state index < -0.39 is 20.2 Å². The van der Waals surface area contributed by atoms with Crippen molar-refractivity contribution in [2.45, 2.75) is 16.8 Å². The van der Waals surface area contributed by atoms with Crippen molar-refractivity contribution in [2.24, 2.45) is 0 Å². The van der Waals surface area contributed by atoms with Crippen LogP contribution in [0.25, 0.3) is 0 Å². The number of hydrogen-bond acceptors (Lipinski definition) is 5. The average molecular weight is 336 g/mol. The van der Waals surface area contributed by atoms with Crippen LogP contribution in [0.1, 0.15) is 5.69 Å². The summed E-state index contributed by atoms with van der Waals surface area (Å²) >= 11 is 1.48. The van der Waals surface area contributed by atoms with Crippen LogP contribution in [0, 0.1) is 0 Å². The molecule has 0 unspecified atom stereocenters. The third-order valence-electron chi connectivity index (χ3n) is 2.66. The quantitative estimate of drug-likeness (QED) is 0.911. The Morgan fingerprint density at radius 3 is 2.38 bits per heavy atom. The second-order valence-electron chi connectivity index (χ2n) is 4.13. The molecule has 1 aromatic carbocycles. The summed E-state index contributed by atoms with van der Waals surface area (Å²) in [6.07, 6.45) is 0.673. The summed E-state index contributed by atoms with van der Waals surface area (Å²) in [7, 11) is -5.29. The summed E-state index contributed by atoms with van der Waals surface area (Å²) in [6.45, 7) is 0.551. The fourth-order valence-electron chi connectivity index (χ4n) is 1.58. The van der Waals surface area contributed by atoms with E-state index in [2.05, 4.69) is 10.3 Å². The monoisotopic (exact) mass is 336 g/mol. The first-order valence-electron chi connectivity index (χ1n) is 5.83. The van der Waals surface area contributed by atoms with Crippen molar-refractivity contribution in [1.29, 1.82) is 0 Å². The summed E-state index contributed by atoms with van der Waals surface area (Å²) in [5.74, 6) is 0. The van der Waals surface area contributed by atoms with Crippen LogP contribution in [0.2, 0.25) is 0 Å². The molecule has 0 amide bonds. The second-order valence-corrected chi connectivity index (χ2v) is 6.79. The number of sulfone groups is 1. The predicted octanol–water partition coefficient (Wildman–Crippen LogP) is 3.09. The molecule has 0 saturated carbocycles. The van der Waals surface area contributed by atoms with Gasteiger partial charge >= 0.3 is 5.51 Å². The lowest BCUT2D eigenvalue weighted by molar-refractivity contribution is -0.0436. The summed E-state index contributed by atoms with van der Waals surface area (Å²) in [6, 6.07) is 4.49. The molecular weight excluding hydrogens is 325 g/mol. The van der Waals surface area contributed by atoms with Crippen LogP contribution in [0.15, 0.2) is 40.1 Å². The molecule has 1 aromatic heterocycles.